The van der Waals surface area contributed by atoms with Gasteiger partial charge < -0.3 is 15.8 Å². The van der Waals surface area contributed by atoms with Crippen LogP contribution >= 0.6 is 15.9 Å². The molecule has 1 saturated carbocycles. The lowest BCUT2D eigenvalue weighted by atomic mass is 9.84. The number of nitrogens with two attached hydrogens (primary N) is 1. The number of rotatable bonds is 5. The second-order valence-electron chi connectivity index (χ2n) is 6.09. The lowest BCUT2D eigenvalue weighted by molar-refractivity contribution is -0.128. The Morgan fingerprint density at radius 1 is 1.45 bits per heavy atom. The van der Waals surface area contributed by atoms with Crippen molar-refractivity contribution in [3.8, 4) is 5.75 Å². The van der Waals surface area contributed by atoms with Crippen LogP contribution in [-0.2, 0) is 4.79 Å². The molecule has 3 atom stereocenters. The molecule has 0 radical (unpaired) electrons. The molecule has 1 fully saturated rings. The van der Waals surface area contributed by atoms with E-state index < -0.39 is 6.10 Å². The molecule has 22 heavy (non-hydrogen) atoms. The summed E-state index contributed by atoms with van der Waals surface area (Å²) in [6.07, 6.45) is 3.94. The van der Waals surface area contributed by atoms with Crippen LogP contribution in [0.5, 0.6) is 5.75 Å². The fourth-order valence-corrected chi connectivity index (χ4v) is 3.51. The number of carbonyl (C=O) groups excluding carboxylic acids is 1. The van der Waals surface area contributed by atoms with Gasteiger partial charge in [-0.05, 0) is 72.8 Å². The van der Waals surface area contributed by atoms with Gasteiger partial charge in [-0.15, -0.1) is 0 Å². The molecule has 0 heterocycles. The fraction of sp³-hybridized carbons (Fsp3) is 0.588. The predicted molar refractivity (Wildman–Crippen MR) is 91.9 cm³/mol. The van der Waals surface area contributed by atoms with Crippen LogP contribution in [-0.4, -0.2) is 24.6 Å². The Labute approximate surface area is 140 Å². The van der Waals surface area contributed by atoms with Crippen LogP contribution in [0.4, 0.5) is 0 Å². The smallest absolute Gasteiger partial charge is 0.261 e. The molecule has 1 aromatic carbocycles. The lowest BCUT2D eigenvalue weighted by Gasteiger charge is -2.32. The standard InChI is InChI=1S/C17H25BrN2O2/c1-11-7-8-16(14(18)9-11)22-12(2)17(21)20-15-6-4-3-5-13(15)10-19/h7-9,12-13,15H,3-6,10,19H2,1-2H3,(H,20,21). The third-order valence-corrected chi connectivity index (χ3v) is 4.92. The van der Waals surface area contributed by atoms with Crippen LogP contribution in [0.25, 0.3) is 0 Å². The maximum Gasteiger partial charge on any atom is 0.261 e. The van der Waals surface area contributed by atoms with Crippen molar-refractivity contribution in [2.75, 3.05) is 6.54 Å². The molecule has 0 aromatic heterocycles. The zero-order valence-corrected chi connectivity index (χ0v) is 14.9. The second kappa shape index (κ2) is 7.97. The molecule has 5 heteroatoms. The molecule has 0 spiro atoms. The number of halogens is 1. The molecule has 1 amide bonds. The Balaban J connectivity index is 1.94. The molecule has 1 aromatic rings. The molecule has 0 bridgehead atoms. The first-order valence-electron chi connectivity index (χ1n) is 7.94. The minimum absolute atomic E-state index is 0.0715. The number of nitrogens with one attached hydrogen (secondary N) is 1. The first-order valence-corrected chi connectivity index (χ1v) is 8.73. The van der Waals surface area contributed by atoms with E-state index in [4.69, 9.17) is 10.5 Å². The van der Waals surface area contributed by atoms with E-state index in [0.717, 1.165) is 29.3 Å². The van der Waals surface area contributed by atoms with Crippen molar-refractivity contribution >= 4 is 21.8 Å². The van der Waals surface area contributed by atoms with E-state index in [1.54, 1.807) is 6.92 Å². The summed E-state index contributed by atoms with van der Waals surface area (Å²) in [5.74, 6) is 1.00. The van der Waals surface area contributed by atoms with Crippen LogP contribution in [0.2, 0.25) is 0 Å². The number of hydrogen-bond donors (Lipinski definition) is 2. The van der Waals surface area contributed by atoms with E-state index in [0.29, 0.717) is 18.2 Å². The van der Waals surface area contributed by atoms with Crippen LogP contribution in [0, 0.1) is 12.8 Å². The number of aryl methyl sites for hydroxylation is 1. The van der Waals surface area contributed by atoms with Crippen LogP contribution in [0.1, 0.15) is 38.2 Å². The molecule has 3 unspecified atom stereocenters. The minimum Gasteiger partial charge on any atom is -0.480 e. The van der Waals surface area contributed by atoms with Crippen molar-refractivity contribution in [1.29, 1.82) is 0 Å². The van der Waals surface area contributed by atoms with Gasteiger partial charge in [-0.3, -0.25) is 4.79 Å². The maximum atomic E-state index is 12.4. The summed E-state index contributed by atoms with van der Waals surface area (Å²) >= 11 is 3.47. The Hall–Kier alpha value is -1.07. The molecule has 0 aliphatic heterocycles. The number of hydrogen-bond acceptors (Lipinski definition) is 3. The van der Waals surface area contributed by atoms with Crippen LogP contribution in [0.3, 0.4) is 0 Å². The summed E-state index contributed by atoms with van der Waals surface area (Å²) in [6, 6.07) is 6.01. The van der Waals surface area contributed by atoms with Gasteiger partial charge >= 0.3 is 0 Å². The average Bonchev–Trinajstić information content (AvgIpc) is 2.50. The molecular weight excluding hydrogens is 344 g/mol. The molecule has 122 valence electrons. The summed E-state index contributed by atoms with van der Waals surface area (Å²) in [5, 5.41) is 3.11. The highest BCUT2D eigenvalue weighted by atomic mass is 79.9. The van der Waals surface area contributed by atoms with Gasteiger partial charge in [0.25, 0.3) is 5.91 Å². The van der Waals surface area contributed by atoms with Gasteiger partial charge in [0.15, 0.2) is 6.10 Å². The quantitative estimate of drug-likeness (QED) is 0.838. The molecule has 0 saturated heterocycles. The monoisotopic (exact) mass is 368 g/mol. The van der Waals surface area contributed by atoms with Gasteiger partial charge in [0.05, 0.1) is 4.47 Å². The Bertz CT molecular complexity index is 521. The predicted octanol–water partition coefficient (Wildman–Crippen LogP) is 3.16. The Kier molecular flexibility index (Phi) is 6.26. The highest BCUT2D eigenvalue weighted by molar-refractivity contribution is 9.10. The van der Waals surface area contributed by atoms with Crippen LogP contribution < -0.4 is 15.8 Å². The molecule has 1 aliphatic carbocycles. The summed E-state index contributed by atoms with van der Waals surface area (Å²) in [6.45, 7) is 4.42. The molecule has 1 aliphatic rings. The summed E-state index contributed by atoms with van der Waals surface area (Å²) < 4.78 is 6.65. The second-order valence-corrected chi connectivity index (χ2v) is 6.94. The van der Waals surface area contributed by atoms with Crippen molar-refractivity contribution in [2.24, 2.45) is 11.7 Å². The molecule has 4 nitrogen and oxygen atoms in total. The van der Waals surface area contributed by atoms with Crippen molar-refractivity contribution in [2.45, 2.75) is 51.7 Å². The number of ether oxygens (including phenoxy) is 1. The lowest BCUT2D eigenvalue weighted by Crippen LogP contribution is -2.48. The van der Waals surface area contributed by atoms with E-state index in [2.05, 4.69) is 21.2 Å². The highest BCUT2D eigenvalue weighted by Gasteiger charge is 2.27. The largest absolute Gasteiger partial charge is 0.480 e. The number of amides is 1. The van der Waals surface area contributed by atoms with E-state index in [9.17, 15) is 4.79 Å². The zero-order valence-electron chi connectivity index (χ0n) is 13.3. The first kappa shape index (κ1) is 17.3. The normalized spacial score (nSPS) is 22.9. The Morgan fingerprint density at radius 3 is 2.86 bits per heavy atom. The SMILES string of the molecule is Cc1ccc(OC(C)C(=O)NC2CCCCC2CN)c(Br)c1. The van der Waals surface area contributed by atoms with E-state index in [1.807, 2.05) is 25.1 Å². The number of benzene rings is 1. The van der Waals surface area contributed by atoms with Crippen molar-refractivity contribution in [3.63, 3.8) is 0 Å². The van der Waals surface area contributed by atoms with E-state index in [1.165, 1.54) is 6.42 Å². The van der Waals surface area contributed by atoms with Gasteiger partial charge in [-0.2, -0.15) is 0 Å². The zero-order chi connectivity index (χ0) is 16.1. The summed E-state index contributed by atoms with van der Waals surface area (Å²) in [4.78, 5) is 12.4. The van der Waals surface area contributed by atoms with E-state index in [-0.39, 0.29) is 11.9 Å². The first-order chi connectivity index (χ1) is 10.5. The third kappa shape index (κ3) is 4.46. The summed E-state index contributed by atoms with van der Waals surface area (Å²) in [7, 11) is 0. The highest BCUT2D eigenvalue weighted by Crippen LogP contribution is 2.27. The van der Waals surface area contributed by atoms with Crippen molar-refractivity contribution in [3.05, 3.63) is 28.2 Å². The molecular formula is C17H25BrN2O2. The van der Waals surface area contributed by atoms with Gasteiger partial charge in [0, 0.05) is 6.04 Å². The van der Waals surface area contributed by atoms with Gasteiger partial charge in [0.2, 0.25) is 0 Å². The minimum atomic E-state index is -0.528. The van der Waals surface area contributed by atoms with Crippen molar-refractivity contribution in [1.82, 2.24) is 5.32 Å². The maximum absolute atomic E-state index is 12.4. The van der Waals surface area contributed by atoms with Crippen molar-refractivity contribution < 1.29 is 9.53 Å². The molecule has 2 rings (SSSR count). The average molecular weight is 369 g/mol. The van der Waals surface area contributed by atoms with Gasteiger partial charge in [-0.25, -0.2) is 0 Å². The topological polar surface area (TPSA) is 64.3 Å². The van der Waals surface area contributed by atoms with E-state index >= 15 is 0 Å². The fourth-order valence-electron chi connectivity index (χ4n) is 2.93. The van der Waals surface area contributed by atoms with Crippen LogP contribution in [0.15, 0.2) is 22.7 Å². The molecule has 3 N–H and O–H groups in total. The third-order valence-electron chi connectivity index (χ3n) is 4.30. The van der Waals surface area contributed by atoms with Gasteiger partial charge in [0.1, 0.15) is 5.75 Å². The van der Waals surface area contributed by atoms with Gasteiger partial charge in [-0.1, -0.05) is 18.9 Å². The number of carbonyl (C=O) groups is 1. The Morgan fingerprint density at radius 2 is 2.18 bits per heavy atom. The summed E-state index contributed by atoms with van der Waals surface area (Å²) in [5.41, 5.74) is 6.96.